The lowest BCUT2D eigenvalue weighted by Gasteiger charge is -2.13. The Morgan fingerprint density at radius 3 is 2.79 bits per heavy atom. The van der Waals surface area contributed by atoms with Gasteiger partial charge in [0.15, 0.2) is 0 Å². The first-order valence-corrected chi connectivity index (χ1v) is 5.52. The molecule has 14 heavy (non-hydrogen) atoms. The fourth-order valence-corrected chi connectivity index (χ4v) is 1.80. The smallest absolute Gasteiger partial charge is 0.0408 e. The second-order valence-electron chi connectivity index (χ2n) is 3.46. The van der Waals surface area contributed by atoms with E-state index in [1.165, 1.54) is 5.56 Å². The average Bonchev–Trinajstić information content (AvgIpc) is 2.19. The Bertz CT molecular complexity index is 302. The second-order valence-corrected chi connectivity index (χ2v) is 3.90. The van der Waals surface area contributed by atoms with Gasteiger partial charge in [-0.15, -0.1) is 0 Å². The summed E-state index contributed by atoms with van der Waals surface area (Å²) in [5, 5.41) is 0.835. The van der Waals surface area contributed by atoms with Gasteiger partial charge >= 0.3 is 0 Å². The first-order chi connectivity index (χ1) is 6.77. The minimum atomic E-state index is 0.602. The summed E-state index contributed by atoms with van der Waals surface area (Å²) in [7, 11) is 0. The molecule has 0 nitrogen and oxygen atoms in total. The molecule has 1 aromatic rings. The van der Waals surface area contributed by atoms with E-state index in [4.69, 9.17) is 11.6 Å². The molecule has 1 unspecified atom stereocenters. The molecule has 0 aliphatic rings. The van der Waals surface area contributed by atoms with Crippen molar-refractivity contribution in [2.45, 2.75) is 32.6 Å². The maximum atomic E-state index is 5.96. The van der Waals surface area contributed by atoms with Crippen molar-refractivity contribution in [2.75, 3.05) is 0 Å². The fourth-order valence-electron chi connectivity index (χ4n) is 1.60. The van der Waals surface area contributed by atoms with Gasteiger partial charge in [0.2, 0.25) is 0 Å². The molecule has 1 atom stereocenters. The summed E-state index contributed by atoms with van der Waals surface area (Å²) in [4.78, 5) is 0. The standard InChI is InChI=1S/C13H17Cl/c1-3-5-7-11(4-2)12-8-6-9-13(14)10-12/h3,5-6,8-11H,4,7H2,1-2H3/b5-3-. The highest BCUT2D eigenvalue weighted by atomic mass is 35.5. The van der Waals surface area contributed by atoms with Gasteiger partial charge in [-0.25, -0.2) is 0 Å². The lowest BCUT2D eigenvalue weighted by atomic mass is 9.93. The van der Waals surface area contributed by atoms with Crippen molar-refractivity contribution >= 4 is 11.6 Å². The second kappa shape index (κ2) is 5.87. The number of hydrogen-bond donors (Lipinski definition) is 0. The molecule has 76 valence electrons. The number of hydrogen-bond acceptors (Lipinski definition) is 0. The quantitative estimate of drug-likeness (QED) is 0.624. The zero-order chi connectivity index (χ0) is 10.4. The summed E-state index contributed by atoms with van der Waals surface area (Å²) < 4.78 is 0. The molecule has 0 saturated heterocycles. The van der Waals surface area contributed by atoms with E-state index in [9.17, 15) is 0 Å². The largest absolute Gasteiger partial charge is 0.0916 e. The van der Waals surface area contributed by atoms with Crippen molar-refractivity contribution in [3.8, 4) is 0 Å². The number of rotatable bonds is 4. The van der Waals surface area contributed by atoms with Crippen LogP contribution in [0.3, 0.4) is 0 Å². The first-order valence-electron chi connectivity index (χ1n) is 5.14. The molecule has 1 heteroatoms. The van der Waals surface area contributed by atoms with E-state index >= 15 is 0 Å². The van der Waals surface area contributed by atoms with Crippen LogP contribution >= 0.6 is 11.6 Å². The zero-order valence-electron chi connectivity index (χ0n) is 8.83. The minimum Gasteiger partial charge on any atom is -0.0916 e. The average molecular weight is 209 g/mol. The maximum absolute atomic E-state index is 5.96. The van der Waals surface area contributed by atoms with Crippen LogP contribution in [-0.4, -0.2) is 0 Å². The summed E-state index contributed by atoms with van der Waals surface area (Å²) >= 11 is 5.96. The molecule has 0 spiro atoms. The van der Waals surface area contributed by atoms with E-state index in [0.717, 1.165) is 17.9 Å². The van der Waals surface area contributed by atoms with Gasteiger partial charge in [-0.1, -0.05) is 42.8 Å². The van der Waals surface area contributed by atoms with Crippen LogP contribution in [0, 0.1) is 0 Å². The van der Waals surface area contributed by atoms with Gasteiger partial charge in [-0.3, -0.25) is 0 Å². The third-order valence-corrected chi connectivity index (χ3v) is 2.70. The van der Waals surface area contributed by atoms with Gasteiger partial charge < -0.3 is 0 Å². The zero-order valence-corrected chi connectivity index (χ0v) is 9.59. The van der Waals surface area contributed by atoms with Gasteiger partial charge in [-0.05, 0) is 43.4 Å². The highest BCUT2D eigenvalue weighted by molar-refractivity contribution is 6.30. The van der Waals surface area contributed by atoms with Crippen LogP contribution in [0.4, 0.5) is 0 Å². The van der Waals surface area contributed by atoms with E-state index < -0.39 is 0 Å². The van der Waals surface area contributed by atoms with E-state index in [2.05, 4.69) is 38.1 Å². The summed E-state index contributed by atoms with van der Waals surface area (Å²) in [5.41, 5.74) is 1.35. The van der Waals surface area contributed by atoms with Gasteiger partial charge in [0, 0.05) is 5.02 Å². The maximum Gasteiger partial charge on any atom is 0.0408 e. The third-order valence-electron chi connectivity index (χ3n) is 2.47. The Hall–Kier alpha value is -0.750. The molecule has 0 fully saturated rings. The molecule has 0 aliphatic heterocycles. The van der Waals surface area contributed by atoms with E-state index in [-0.39, 0.29) is 0 Å². The number of benzene rings is 1. The van der Waals surface area contributed by atoms with Gasteiger partial charge in [0.05, 0.1) is 0 Å². The van der Waals surface area contributed by atoms with Crippen LogP contribution in [0.1, 0.15) is 38.2 Å². The molecule has 0 aromatic heterocycles. The highest BCUT2D eigenvalue weighted by Gasteiger charge is 2.07. The molecule has 0 saturated carbocycles. The SMILES string of the molecule is C/C=C\CC(CC)c1cccc(Cl)c1. The predicted octanol–water partition coefficient (Wildman–Crippen LogP) is 4.80. The molecule has 1 aromatic carbocycles. The lowest BCUT2D eigenvalue weighted by Crippen LogP contribution is -1.95. The molecule has 0 N–H and O–H groups in total. The molecule has 0 bridgehead atoms. The molecule has 1 rings (SSSR count). The Kier molecular flexibility index (Phi) is 4.75. The van der Waals surface area contributed by atoms with E-state index in [1.807, 2.05) is 12.1 Å². The van der Waals surface area contributed by atoms with Gasteiger partial charge in [-0.2, -0.15) is 0 Å². The van der Waals surface area contributed by atoms with Crippen LogP contribution in [0.2, 0.25) is 5.02 Å². The number of halogens is 1. The summed E-state index contributed by atoms with van der Waals surface area (Å²) in [6.45, 7) is 4.28. The molecular formula is C13H17Cl. The van der Waals surface area contributed by atoms with Crippen molar-refractivity contribution in [1.29, 1.82) is 0 Å². The molecular weight excluding hydrogens is 192 g/mol. The van der Waals surface area contributed by atoms with Crippen LogP contribution in [0.5, 0.6) is 0 Å². The van der Waals surface area contributed by atoms with Crippen LogP contribution in [0.15, 0.2) is 36.4 Å². The van der Waals surface area contributed by atoms with E-state index in [0.29, 0.717) is 5.92 Å². The van der Waals surface area contributed by atoms with Crippen molar-refractivity contribution in [1.82, 2.24) is 0 Å². The summed E-state index contributed by atoms with van der Waals surface area (Å²) in [6, 6.07) is 8.17. The molecule has 0 heterocycles. The fraction of sp³-hybridized carbons (Fsp3) is 0.385. The normalized spacial score (nSPS) is 13.4. The topological polar surface area (TPSA) is 0 Å². The first kappa shape index (κ1) is 11.3. The Morgan fingerprint density at radius 2 is 2.21 bits per heavy atom. The predicted molar refractivity (Wildman–Crippen MR) is 63.9 cm³/mol. The van der Waals surface area contributed by atoms with Crippen molar-refractivity contribution < 1.29 is 0 Å². The van der Waals surface area contributed by atoms with Gasteiger partial charge in [0.25, 0.3) is 0 Å². The summed E-state index contributed by atoms with van der Waals surface area (Å²) in [6.07, 6.45) is 6.58. The highest BCUT2D eigenvalue weighted by Crippen LogP contribution is 2.25. The Balaban J connectivity index is 2.78. The molecule has 0 radical (unpaired) electrons. The van der Waals surface area contributed by atoms with Crippen molar-refractivity contribution in [2.24, 2.45) is 0 Å². The van der Waals surface area contributed by atoms with Crippen LogP contribution < -0.4 is 0 Å². The van der Waals surface area contributed by atoms with E-state index in [1.54, 1.807) is 0 Å². The number of allylic oxidation sites excluding steroid dienone is 2. The molecule has 0 aliphatic carbocycles. The van der Waals surface area contributed by atoms with Crippen LogP contribution in [0.25, 0.3) is 0 Å². The van der Waals surface area contributed by atoms with Gasteiger partial charge in [0.1, 0.15) is 0 Å². The summed E-state index contributed by atoms with van der Waals surface area (Å²) in [5.74, 6) is 0.602. The monoisotopic (exact) mass is 208 g/mol. The third kappa shape index (κ3) is 3.19. The lowest BCUT2D eigenvalue weighted by molar-refractivity contribution is 0.674. The van der Waals surface area contributed by atoms with Crippen molar-refractivity contribution in [3.63, 3.8) is 0 Å². The van der Waals surface area contributed by atoms with Crippen molar-refractivity contribution in [3.05, 3.63) is 47.0 Å². The Labute approximate surface area is 91.6 Å². The Morgan fingerprint density at radius 1 is 1.43 bits per heavy atom. The van der Waals surface area contributed by atoms with Crippen LogP contribution in [-0.2, 0) is 0 Å². The minimum absolute atomic E-state index is 0.602. The molecule has 0 amide bonds.